The zero-order chi connectivity index (χ0) is 13.8. The lowest BCUT2D eigenvalue weighted by molar-refractivity contribution is 0.429. The van der Waals surface area contributed by atoms with Crippen LogP contribution in [-0.4, -0.2) is 9.78 Å². The summed E-state index contributed by atoms with van der Waals surface area (Å²) in [4.78, 5) is 0. The molecule has 2 aromatic heterocycles. The molecule has 2 aromatic rings. The van der Waals surface area contributed by atoms with Gasteiger partial charge in [0.1, 0.15) is 11.5 Å². The summed E-state index contributed by atoms with van der Waals surface area (Å²) in [5, 5.41) is 4.57. The summed E-state index contributed by atoms with van der Waals surface area (Å²) in [6, 6.07) is 6.30. The van der Waals surface area contributed by atoms with Gasteiger partial charge in [-0.3, -0.25) is 4.68 Å². The van der Waals surface area contributed by atoms with E-state index in [1.807, 2.05) is 29.1 Å². The van der Waals surface area contributed by atoms with Gasteiger partial charge in [0.25, 0.3) is 0 Å². The Bertz CT molecular complexity index is 515. The molecule has 0 aliphatic heterocycles. The minimum absolute atomic E-state index is 0.124. The van der Waals surface area contributed by atoms with E-state index in [4.69, 9.17) is 10.2 Å². The van der Waals surface area contributed by atoms with Gasteiger partial charge in [-0.1, -0.05) is 13.8 Å². The smallest absolute Gasteiger partial charge is 0.121 e. The molecule has 0 fully saturated rings. The molecule has 0 radical (unpaired) electrons. The molecule has 2 unspecified atom stereocenters. The number of hydrogen-bond donors (Lipinski definition) is 1. The Hall–Kier alpha value is -1.55. The zero-order valence-corrected chi connectivity index (χ0v) is 12.0. The van der Waals surface area contributed by atoms with Crippen molar-refractivity contribution in [1.82, 2.24) is 9.78 Å². The molecule has 0 saturated heterocycles. The Kier molecular flexibility index (Phi) is 4.43. The first-order chi connectivity index (χ1) is 9.13. The van der Waals surface area contributed by atoms with Crippen molar-refractivity contribution in [3.63, 3.8) is 0 Å². The van der Waals surface area contributed by atoms with Crippen LogP contribution in [0.3, 0.4) is 0 Å². The van der Waals surface area contributed by atoms with Crippen LogP contribution in [0.25, 0.3) is 0 Å². The van der Waals surface area contributed by atoms with E-state index in [-0.39, 0.29) is 6.04 Å². The molecule has 2 N–H and O–H groups in total. The third-order valence-corrected chi connectivity index (χ3v) is 3.53. The first-order valence-corrected chi connectivity index (χ1v) is 7.02. The molecule has 0 amide bonds. The van der Waals surface area contributed by atoms with Crippen molar-refractivity contribution in [1.29, 1.82) is 0 Å². The summed E-state index contributed by atoms with van der Waals surface area (Å²) in [7, 11) is 0. The van der Waals surface area contributed by atoms with Gasteiger partial charge in [0.15, 0.2) is 0 Å². The van der Waals surface area contributed by atoms with Gasteiger partial charge in [0.2, 0.25) is 0 Å². The SMILES string of the molecule is CCc1ccc(C(N)Cc2ccn(C(C)CC)n2)o1. The summed E-state index contributed by atoms with van der Waals surface area (Å²) in [6.07, 6.45) is 4.70. The van der Waals surface area contributed by atoms with E-state index in [1.165, 1.54) is 0 Å². The van der Waals surface area contributed by atoms with Crippen LogP contribution < -0.4 is 5.73 Å². The molecule has 0 saturated carbocycles. The Morgan fingerprint density at radius 2 is 2.11 bits per heavy atom. The number of aryl methyl sites for hydroxylation is 1. The van der Waals surface area contributed by atoms with Crippen molar-refractivity contribution in [2.75, 3.05) is 0 Å². The second-order valence-electron chi connectivity index (χ2n) is 5.01. The maximum absolute atomic E-state index is 6.17. The molecular formula is C15H23N3O. The van der Waals surface area contributed by atoms with Crippen LogP contribution in [0.15, 0.2) is 28.8 Å². The summed E-state index contributed by atoms with van der Waals surface area (Å²) < 4.78 is 7.68. The molecule has 0 aliphatic rings. The highest BCUT2D eigenvalue weighted by Gasteiger charge is 2.14. The van der Waals surface area contributed by atoms with Crippen LogP contribution in [-0.2, 0) is 12.8 Å². The Morgan fingerprint density at radius 1 is 1.32 bits per heavy atom. The van der Waals surface area contributed by atoms with E-state index in [0.29, 0.717) is 12.5 Å². The number of furan rings is 1. The van der Waals surface area contributed by atoms with Gasteiger partial charge >= 0.3 is 0 Å². The molecule has 0 bridgehead atoms. The van der Waals surface area contributed by atoms with Gasteiger partial charge in [-0.15, -0.1) is 0 Å². The highest BCUT2D eigenvalue weighted by atomic mass is 16.3. The third-order valence-electron chi connectivity index (χ3n) is 3.53. The molecule has 2 atom stereocenters. The number of rotatable bonds is 6. The highest BCUT2D eigenvalue weighted by Crippen LogP contribution is 2.19. The second-order valence-corrected chi connectivity index (χ2v) is 5.01. The summed E-state index contributed by atoms with van der Waals surface area (Å²) in [6.45, 7) is 6.39. The maximum atomic E-state index is 6.17. The van der Waals surface area contributed by atoms with Crippen molar-refractivity contribution < 1.29 is 4.42 Å². The largest absolute Gasteiger partial charge is 0.464 e. The number of hydrogen-bond acceptors (Lipinski definition) is 3. The average molecular weight is 261 g/mol. The fourth-order valence-electron chi connectivity index (χ4n) is 2.03. The third kappa shape index (κ3) is 3.26. The van der Waals surface area contributed by atoms with Crippen LogP contribution in [0.4, 0.5) is 0 Å². The van der Waals surface area contributed by atoms with Gasteiger partial charge in [-0.05, 0) is 31.5 Å². The number of nitrogens with zero attached hydrogens (tertiary/aromatic N) is 2. The van der Waals surface area contributed by atoms with Crippen LogP contribution in [0.5, 0.6) is 0 Å². The van der Waals surface area contributed by atoms with Crippen LogP contribution in [0.2, 0.25) is 0 Å². The predicted octanol–water partition coefficient (Wildman–Crippen LogP) is 3.25. The fourth-order valence-corrected chi connectivity index (χ4v) is 2.03. The molecule has 0 aromatic carbocycles. The van der Waals surface area contributed by atoms with Gasteiger partial charge in [-0.25, -0.2) is 0 Å². The Labute approximate surface area is 114 Å². The summed E-state index contributed by atoms with van der Waals surface area (Å²) in [5.74, 6) is 1.82. The molecule has 104 valence electrons. The monoisotopic (exact) mass is 261 g/mol. The first-order valence-electron chi connectivity index (χ1n) is 7.02. The van der Waals surface area contributed by atoms with Gasteiger partial charge in [0, 0.05) is 25.1 Å². The Balaban J connectivity index is 2.02. The topological polar surface area (TPSA) is 57.0 Å². The fraction of sp³-hybridized carbons (Fsp3) is 0.533. The molecule has 19 heavy (non-hydrogen) atoms. The lowest BCUT2D eigenvalue weighted by Crippen LogP contribution is -2.13. The lowest BCUT2D eigenvalue weighted by atomic mass is 10.1. The van der Waals surface area contributed by atoms with Crippen molar-refractivity contribution in [3.05, 3.63) is 41.6 Å². The molecule has 4 nitrogen and oxygen atoms in total. The van der Waals surface area contributed by atoms with E-state index >= 15 is 0 Å². The zero-order valence-electron chi connectivity index (χ0n) is 12.0. The minimum atomic E-state index is -0.124. The molecule has 2 heterocycles. The van der Waals surface area contributed by atoms with Crippen LogP contribution in [0, 0.1) is 0 Å². The van der Waals surface area contributed by atoms with Crippen LogP contribution >= 0.6 is 0 Å². The van der Waals surface area contributed by atoms with Crippen molar-refractivity contribution >= 4 is 0 Å². The standard InChI is InChI=1S/C15H23N3O/c1-4-11(3)18-9-8-12(17-18)10-14(16)15-7-6-13(5-2)19-15/h6-9,11,14H,4-5,10,16H2,1-3H3. The predicted molar refractivity (Wildman–Crippen MR) is 75.9 cm³/mol. The van der Waals surface area contributed by atoms with E-state index in [9.17, 15) is 0 Å². The van der Waals surface area contributed by atoms with Gasteiger partial charge < -0.3 is 10.2 Å². The molecular weight excluding hydrogens is 238 g/mol. The van der Waals surface area contributed by atoms with Crippen molar-refractivity contribution in [3.8, 4) is 0 Å². The molecule has 0 spiro atoms. The maximum Gasteiger partial charge on any atom is 0.121 e. The molecule has 0 aliphatic carbocycles. The first kappa shape index (κ1) is 13.9. The molecule has 2 rings (SSSR count). The average Bonchev–Trinajstić information content (AvgIpc) is 3.06. The number of nitrogens with two attached hydrogens (primary N) is 1. The minimum Gasteiger partial charge on any atom is -0.464 e. The summed E-state index contributed by atoms with van der Waals surface area (Å²) >= 11 is 0. The second kappa shape index (κ2) is 6.06. The van der Waals surface area contributed by atoms with Gasteiger partial charge in [-0.2, -0.15) is 5.10 Å². The van der Waals surface area contributed by atoms with E-state index in [1.54, 1.807) is 0 Å². The van der Waals surface area contributed by atoms with E-state index in [0.717, 1.165) is 30.1 Å². The van der Waals surface area contributed by atoms with E-state index in [2.05, 4.69) is 25.9 Å². The summed E-state index contributed by atoms with van der Waals surface area (Å²) in [5.41, 5.74) is 7.19. The van der Waals surface area contributed by atoms with Gasteiger partial charge in [0.05, 0.1) is 11.7 Å². The van der Waals surface area contributed by atoms with E-state index < -0.39 is 0 Å². The highest BCUT2D eigenvalue weighted by molar-refractivity contribution is 5.13. The molecule has 4 heteroatoms. The van der Waals surface area contributed by atoms with Crippen LogP contribution in [0.1, 0.15) is 56.5 Å². The van der Waals surface area contributed by atoms with Crippen molar-refractivity contribution in [2.24, 2.45) is 5.73 Å². The normalized spacial score (nSPS) is 14.5. The lowest BCUT2D eigenvalue weighted by Gasteiger charge is -2.09. The van der Waals surface area contributed by atoms with Crippen molar-refractivity contribution in [2.45, 2.75) is 52.1 Å². The quantitative estimate of drug-likeness (QED) is 0.868. The number of aromatic nitrogens is 2. The Morgan fingerprint density at radius 3 is 2.74 bits per heavy atom.